The lowest BCUT2D eigenvalue weighted by Crippen LogP contribution is -2.18. The van der Waals surface area contributed by atoms with Crippen LogP contribution in [0.25, 0.3) is 0 Å². The lowest BCUT2D eigenvalue weighted by atomic mass is 10.3. The summed E-state index contributed by atoms with van der Waals surface area (Å²) >= 11 is 3.20. The van der Waals surface area contributed by atoms with E-state index in [4.69, 9.17) is 4.74 Å². The van der Waals surface area contributed by atoms with Gasteiger partial charge in [-0.05, 0) is 28.9 Å². The van der Waals surface area contributed by atoms with Crippen molar-refractivity contribution >= 4 is 33.2 Å². The lowest BCUT2D eigenvalue weighted by Gasteiger charge is -2.07. The molecule has 0 bridgehead atoms. The number of benzene rings is 1. The van der Waals surface area contributed by atoms with E-state index in [1.807, 2.05) is 0 Å². The van der Waals surface area contributed by atoms with E-state index < -0.39 is 4.92 Å². The highest BCUT2D eigenvalue weighted by molar-refractivity contribution is 9.10. The maximum absolute atomic E-state index is 11.4. The molecule has 0 spiro atoms. The molecule has 0 aromatic heterocycles. The van der Waals surface area contributed by atoms with Gasteiger partial charge < -0.3 is 10.1 Å². The van der Waals surface area contributed by atoms with Gasteiger partial charge in [-0.25, -0.2) is 0 Å². The maximum Gasteiger partial charge on any atom is 0.271 e. The first-order valence-electron chi connectivity index (χ1n) is 4.86. The number of amides is 1. The average molecular weight is 303 g/mol. The number of nitrogens with zero attached hydrogens (tertiary/aromatic N) is 1. The molecule has 17 heavy (non-hydrogen) atoms. The minimum Gasteiger partial charge on any atom is -0.372 e. The van der Waals surface area contributed by atoms with Crippen molar-refractivity contribution in [1.82, 2.24) is 0 Å². The Balaban J connectivity index is 2.79. The standard InChI is InChI=1S/C10H11BrN2O4/c1-2-17-6-10(14)12-9-5-7(13(15)16)3-4-8(9)11/h3-5H,2,6H2,1H3,(H,12,14). The Morgan fingerprint density at radius 1 is 1.59 bits per heavy atom. The predicted octanol–water partition coefficient (Wildman–Crippen LogP) is 2.33. The van der Waals surface area contributed by atoms with E-state index in [2.05, 4.69) is 21.2 Å². The van der Waals surface area contributed by atoms with Crippen LogP contribution in [0.4, 0.5) is 11.4 Å². The number of halogens is 1. The van der Waals surface area contributed by atoms with E-state index in [1.165, 1.54) is 18.2 Å². The highest BCUT2D eigenvalue weighted by Crippen LogP contribution is 2.26. The van der Waals surface area contributed by atoms with E-state index in [1.54, 1.807) is 6.92 Å². The lowest BCUT2D eigenvalue weighted by molar-refractivity contribution is -0.384. The van der Waals surface area contributed by atoms with Crippen LogP contribution in [-0.4, -0.2) is 24.0 Å². The molecule has 0 saturated heterocycles. The van der Waals surface area contributed by atoms with Gasteiger partial charge in [0.1, 0.15) is 6.61 Å². The molecule has 0 saturated carbocycles. The van der Waals surface area contributed by atoms with Crippen molar-refractivity contribution in [3.63, 3.8) is 0 Å². The van der Waals surface area contributed by atoms with Crippen LogP contribution in [0.15, 0.2) is 22.7 Å². The Kier molecular flexibility index (Phi) is 5.05. The Bertz CT molecular complexity index is 436. The van der Waals surface area contributed by atoms with Crippen LogP contribution in [0.5, 0.6) is 0 Å². The number of rotatable bonds is 5. The van der Waals surface area contributed by atoms with E-state index >= 15 is 0 Å². The van der Waals surface area contributed by atoms with E-state index in [0.717, 1.165) is 0 Å². The topological polar surface area (TPSA) is 81.5 Å². The molecule has 0 unspecified atom stereocenters. The van der Waals surface area contributed by atoms with Gasteiger partial charge in [0.05, 0.1) is 10.6 Å². The number of nitro groups is 1. The molecule has 0 aliphatic heterocycles. The number of carbonyl (C=O) groups excluding carboxylic acids is 1. The van der Waals surface area contributed by atoms with Crippen molar-refractivity contribution in [2.75, 3.05) is 18.5 Å². The highest BCUT2D eigenvalue weighted by atomic mass is 79.9. The fourth-order valence-electron chi connectivity index (χ4n) is 1.10. The van der Waals surface area contributed by atoms with Gasteiger partial charge in [-0.15, -0.1) is 0 Å². The van der Waals surface area contributed by atoms with Crippen molar-refractivity contribution < 1.29 is 14.5 Å². The summed E-state index contributed by atoms with van der Waals surface area (Å²) in [4.78, 5) is 21.4. The molecule has 7 heteroatoms. The first-order chi connectivity index (χ1) is 8.04. The summed E-state index contributed by atoms with van der Waals surface area (Å²) in [5.74, 6) is -0.354. The van der Waals surface area contributed by atoms with Gasteiger partial charge in [0.15, 0.2) is 0 Å². The number of hydrogen-bond acceptors (Lipinski definition) is 4. The number of ether oxygens (including phenoxy) is 1. The largest absolute Gasteiger partial charge is 0.372 e. The third-order valence-electron chi connectivity index (χ3n) is 1.87. The fourth-order valence-corrected chi connectivity index (χ4v) is 1.45. The molecule has 1 aromatic carbocycles. The number of nitrogens with one attached hydrogen (secondary N) is 1. The van der Waals surface area contributed by atoms with Gasteiger partial charge >= 0.3 is 0 Å². The third-order valence-corrected chi connectivity index (χ3v) is 2.56. The monoisotopic (exact) mass is 302 g/mol. The van der Waals surface area contributed by atoms with Crippen LogP contribution < -0.4 is 5.32 Å². The molecule has 0 aliphatic carbocycles. The molecule has 6 nitrogen and oxygen atoms in total. The summed E-state index contributed by atoms with van der Waals surface area (Å²) in [6, 6.07) is 4.14. The third kappa shape index (κ3) is 4.12. The van der Waals surface area contributed by atoms with Gasteiger partial charge in [0, 0.05) is 23.2 Å². The summed E-state index contributed by atoms with van der Waals surface area (Å²) in [5.41, 5.74) is 0.267. The van der Waals surface area contributed by atoms with Gasteiger partial charge in [0.25, 0.3) is 5.69 Å². The molecule has 0 aliphatic rings. The first-order valence-corrected chi connectivity index (χ1v) is 5.65. The second-order valence-electron chi connectivity index (χ2n) is 3.11. The molecule has 1 rings (SSSR count). The predicted molar refractivity (Wildman–Crippen MR) is 65.9 cm³/mol. The van der Waals surface area contributed by atoms with Crippen LogP contribution in [0.3, 0.4) is 0 Å². The van der Waals surface area contributed by atoms with E-state index in [-0.39, 0.29) is 18.2 Å². The number of anilines is 1. The molecule has 0 heterocycles. The maximum atomic E-state index is 11.4. The smallest absolute Gasteiger partial charge is 0.271 e. The minimum atomic E-state index is -0.523. The van der Waals surface area contributed by atoms with E-state index in [9.17, 15) is 14.9 Å². The van der Waals surface area contributed by atoms with Gasteiger partial charge in [0.2, 0.25) is 5.91 Å². The van der Waals surface area contributed by atoms with Gasteiger partial charge in [-0.1, -0.05) is 0 Å². The van der Waals surface area contributed by atoms with Crippen LogP contribution in [-0.2, 0) is 9.53 Å². The number of hydrogen-bond donors (Lipinski definition) is 1. The number of carbonyl (C=O) groups is 1. The van der Waals surface area contributed by atoms with E-state index in [0.29, 0.717) is 16.8 Å². The normalized spacial score (nSPS) is 10.0. The molecule has 92 valence electrons. The molecule has 0 radical (unpaired) electrons. The first kappa shape index (κ1) is 13.6. The molecular weight excluding hydrogens is 292 g/mol. The zero-order chi connectivity index (χ0) is 12.8. The van der Waals surface area contributed by atoms with Crippen molar-refractivity contribution in [3.8, 4) is 0 Å². The summed E-state index contributed by atoms with van der Waals surface area (Å²) in [7, 11) is 0. The van der Waals surface area contributed by atoms with Gasteiger partial charge in [-0.2, -0.15) is 0 Å². The number of nitro benzene ring substituents is 1. The quantitative estimate of drug-likeness (QED) is 0.668. The van der Waals surface area contributed by atoms with Crippen LogP contribution >= 0.6 is 15.9 Å². The average Bonchev–Trinajstić information content (AvgIpc) is 2.29. The molecule has 1 N–H and O–H groups in total. The minimum absolute atomic E-state index is 0.0777. The summed E-state index contributed by atoms with van der Waals surface area (Å²) in [6.07, 6.45) is 0. The second kappa shape index (κ2) is 6.31. The SMILES string of the molecule is CCOCC(=O)Nc1cc([N+](=O)[O-])ccc1Br. The van der Waals surface area contributed by atoms with Crippen LogP contribution in [0.2, 0.25) is 0 Å². The fraction of sp³-hybridized carbons (Fsp3) is 0.300. The molecule has 0 atom stereocenters. The molecular formula is C10H11BrN2O4. The number of non-ortho nitro benzene ring substituents is 1. The molecule has 1 aromatic rings. The zero-order valence-electron chi connectivity index (χ0n) is 9.10. The second-order valence-corrected chi connectivity index (χ2v) is 3.96. The van der Waals surface area contributed by atoms with Crippen molar-refractivity contribution in [2.45, 2.75) is 6.92 Å². The van der Waals surface area contributed by atoms with Crippen molar-refractivity contribution in [3.05, 3.63) is 32.8 Å². The highest BCUT2D eigenvalue weighted by Gasteiger charge is 2.11. The Morgan fingerprint density at radius 2 is 2.29 bits per heavy atom. The Hall–Kier alpha value is -1.47. The van der Waals surface area contributed by atoms with Crippen molar-refractivity contribution in [1.29, 1.82) is 0 Å². The van der Waals surface area contributed by atoms with Crippen LogP contribution in [0.1, 0.15) is 6.92 Å². The van der Waals surface area contributed by atoms with Crippen LogP contribution in [0, 0.1) is 10.1 Å². The zero-order valence-corrected chi connectivity index (χ0v) is 10.7. The Labute approximate surface area is 106 Å². The Morgan fingerprint density at radius 3 is 2.88 bits per heavy atom. The summed E-state index contributed by atoms with van der Waals surface area (Å²) < 4.78 is 5.50. The summed E-state index contributed by atoms with van der Waals surface area (Å²) in [6.45, 7) is 2.13. The molecule has 0 fully saturated rings. The summed E-state index contributed by atoms with van der Waals surface area (Å²) in [5, 5.41) is 13.1. The van der Waals surface area contributed by atoms with Crippen molar-refractivity contribution in [2.24, 2.45) is 0 Å². The molecule has 1 amide bonds. The van der Waals surface area contributed by atoms with Gasteiger partial charge in [-0.3, -0.25) is 14.9 Å².